The van der Waals surface area contributed by atoms with Gasteiger partial charge in [0.2, 0.25) is 0 Å². The van der Waals surface area contributed by atoms with Crippen LogP contribution in [0.3, 0.4) is 0 Å². The first kappa shape index (κ1) is 17.4. The number of carbonyl (C=O) groups is 2. The van der Waals surface area contributed by atoms with E-state index in [4.69, 9.17) is 9.47 Å². The minimum absolute atomic E-state index is 0.124. The first-order valence-electron chi connectivity index (χ1n) is 6.61. The number of ether oxygens (including phenoxy) is 3. The van der Waals surface area contributed by atoms with Gasteiger partial charge >= 0.3 is 23.1 Å². The zero-order valence-electron chi connectivity index (χ0n) is 11.5. The molecule has 0 aromatic carbocycles. The third-order valence-electron chi connectivity index (χ3n) is 4.16. The van der Waals surface area contributed by atoms with Crippen LogP contribution in [0.4, 0.5) is 17.6 Å². The Labute approximate surface area is 131 Å². The summed E-state index contributed by atoms with van der Waals surface area (Å²) in [5.74, 6) is -8.48. The molecule has 3 rings (SSSR count). The molecule has 0 amide bonds. The van der Waals surface area contributed by atoms with Gasteiger partial charge in [0.15, 0.2) is 22.3 Å². The topological polar surface area (TPSA) is 119 Å². The van der Waals surface area contributed by atoms with E-state index in [1.807, 2.05) is 0 Å². The number of rotatable bonds is 5. The molecule has 5 atom stereocenters. The lowest BCUT2D eigenvalue weighted by Gasteiger charge is -2.28. The number of halogens is 4. The zero-order valence-corrected chi connectivity index (χ0v) is 12.3. The van der Waals surface area contributed by atoms with Gasteiger partial charge in [-0.2, -0.15) is 17.6 Å². The highest BCUT2D eigenvalue weighted by atomic mass is 32.2. The van der Waals surface area contributed by atoms with E-state index in [1.54, 1.807) is 0 Å². The van der Waals surface area contributed by atoms with Crippen LogP contribution < -0.4 is 0 Å². The normalized spacial score (nSPS) is 35.2. The number of esters is 2. The molecule has 136 valence electrons. The molecule has 0 aromatic rings. The van der Waals surface area contributed by atoms with E-state index >= 15 is 0 Å². The van der Waals surface area contributed by atoms with Crippen molar-refractivity contribution >= 4 is 22.1 Å². The lowest BCUT2D eigenvalue weighted by Crippen LogP contribution is -2.49. The Kier molecular flexibility index (Phi) is 3.63. The van der Waals surface area contributed by atoms with Crippen LogP contribution >= 0.6 is 0 Å². The number of carbonyl (C=O) groups excluding carboxylic acids is 2. The Morgan fingerprint density at radius 3 is 2.50 bits per heavy atom. The van der Waals surface area contributed by atoms with Crippen LogP contribution in [-0.2, 0) is 33.9 Å². The standard InChI is InChI=1S/C11H10F4O8S/c12-10(13,11(14,15)24(18,19)20)2-5(16)22-7-4-1-3-6(21-4)8(7)23-9(3)17/h3-4,6-8H,1-2H2,(H,18,19,20)/p-1. The van der Waals surface area contributed by atoms with E-state index in [-0.39, 0.29) is 6.42 Å². The van der Waals surface area contributed by atoms with Gasteiger partial charge in [0.25, 0.3) is 0 Å². The van der Waals surface area contributed by atoms with Crippen LogP contribution in [0.1, 0.15) is 12.8 Å². The first-order chi connectivity index (χ1) is 10.8. The molecule has 3 aliphatic heterocycles. The van der Waals surface area contributed by atoms with Crippen LogP contribution in [0, 0.1) is 5.92 Å². The van der Waals surface area contributed by atoms with Crippen molar-refractivity contribution in [3.63, 3.8) is 0 Å². The predicted octanol–water partition coefficient (Wildman–Crippen LogP) is -0.226. The summed E-state index contributed by atoms with van der Waals surface area (Å²) in [4.78, 5) is 22.9. The Morgan fingerprint density at radius 1 is 1.29 bits per heavy atom. The van der Waals surface area contributed by atoms with Gasteiger partial charge in [0, 0.05) is 0 Å². The predicted molar refractivity (Wildman–Crippen MR) is 60.7 cm³/mol. The van der Waals surface area contributed by atoms with Gasteiger partial charge in [-0.15, -0.1) is 0 Å². The molecule has 3 aliphatic rings. The zero-order chi connectivity index (χ0) is 18.1. The number of hydrogen-bond acceptors (Lipinski definition) is 8. The minimum atomic E-state index is -6.69. The monoisotopic (exact) mass is 377 g/mol. The largest absolute Gasteiger partial charge is 0.743 e. The average Bonchev–Trinajstić information content (AvgIpc) is 3.01. The van der Waals surface area contributed by atoms with Crippen molar-refractivity contribution in [3.8, 4) is 0 Å². The molecule has 0 aromatic heterocycles. The van der Waals surface area contributed by atoms with Crippen molar-refractivity contribution in [2.24, 2.45) is 5.92 Å². The van der Waals surface area contributed by atoms with Gasteiger partial charge in [-0.1, -0.05) is 0 Å². The highest BCUT2D eigenvalue weighted by molar-refractivity contribution is 7.86. The summed E-state index contributed by atoms with van der Waals surface area (Å²) < 4.78 is 98.1. The van der Waals surface area contributed by atoms with Gasteiger partial charge < -0.3 is 18.8 Å². The molecule has 8 nitrogen and oxygen atoms in total. The highest BCUT2D eigenvalue weighted by Gasteiger charge is 2.66. The van der Waals surface area contributed by atoms with Crippen molar-refractivity contribution in [1.29, 1.82) is 0 Å². The van der Waals surface area contributed by atoms with Crippen LogP contribution in [0.5, 0.6) is 0 Å². The van der Waals surface area contributed by atoms with Gasteiger partial charge in [-0.3, -0.25) is 9.59 Å². The molecule has 5 unspecified atom stereocenters. The Morgan fingerprint density at radius 2 is 1.92 bits per heavy atom. The molecular formula is C11H9F4O8S-. The first-order valence-corrected chi connectivity index (χ1v) is 8.02. The second-order valence-electron chi connectivity index (χ2n) is 5.69. The maximum absolute atomic E-state index is 13.3. The van der Waals surface area contributed by atoms with E-state index < -0.39 is 70.0 Å². The quantitative estimate of drug-likeness (QED) is 0.366. The van der Waals surface area contributed by atoms with E-state index in [1.165, 1.54) is 0 Å². The van der Waals surface area contributed by atoms with Crippen LogP contribution in [0.15, 0.2) is 0 Å². The summed E-state index contributed by atoms with van der Waals surface area (Å²) in [6.45, 7) is 0. The molecule has 3 heterocycles. The maximum Gasteiger partial charge on any atom is 0.396 e. The van der Waals surface area contributed by atoms with E-state index in [2.05, 4.69) is 4.74 Å². The molecule has 13 heteroatoms. The fourth-order valence-corrected chi connectivity index (χ4v) is 3.48. The molecule has 0 saturated carbocycles. The van der Waals surface area contributed by atoms with Crippen molar-refractivity contribution < 1.29 is 54.3 Å². The van der Waals surface area contributed by atoms with Crippen LogP contribution in [0.2, 0.25) is 0 Å². The van der Waals surface area contributed by atoms with Crippen LogP contribution in [-0.4, -0.2) is 60.5 Å². The molecule has 0 aliphatic carbocycles. The summed E-state index contributed by atoms with van der Waals surface area (Å²) in [6.07, 6.45) is -6.00. The average molecular weight is 377 g/mol. The van der Waals surface area contributed by atoms with Gasteiger partial charge in [0.05, 0.1) is 12.0 Å². The molecule has 24 heavy (non-hydrogen) atoms. The Bertz CT molecular complexity index is 692. The van der Waals surface area contributed by atoms with E-state index in [0.29, 0.717) is 0 Å². The number of fused-ring (bicyclic) bond motifs is 1. The van der Waals surface area contributed by atoms with E-state index in [0.717, 1.165) is 0 Å². The minimum Gasteiger partial charge on any atom is -0.743 e. The summed E-state index contributed by atoms with van der Waals surface area (Å²) >= 11 is 0. The molecule has 0 spiro atoms. The van der Waals surface area contributed by atoms with E-state index in [9.17, 15) is 40.1 Å². The maximum atomic E-state index is 13.3. The van der Waals surface area contributed by atoms with Crippen molar-refractivity contribution in [3.05, 3.63) is 0 Å². The molecule has 3 fully saturated rings. The van der Waals surface area contributed by atoms with Crippen molar-refractivity contribution in [2.75, 3.05) is 0 Å². The SMILES string of the molecule is O=C(CC(F)(F)C(F)(F)S(=O)(=O)[O-])OC1C2CC3C(=O)OC1C3O2. The fraction of sp³-hybridized carbons (Fsp3) is 0.818. The van der Waals surface area contributed by atoms with Crippen molar-refractivity contribution in [1.82, 2.24) is 0 Å². The smallest absolute Gasteiger partial charge is 0.396 e. The Balaban J connectivity index is 1.68. The second kappa shape index (κ2) is 5.02. The summed E-state index contributed by atoms with van der Waals surface area (Å²) in [6, 6.07) is 0. The summed E-state index contributed by atoms with van der Waals surface area (Å²) in [7, 11) is -6.69. The summed E-state index contributed by atoms with van der Waals surface area (Å²) in [5.41, 5.74) is 0. The van der Waals surface area contributed by atoms with Gasteiger partial charge in [-0.05, 0) is 6.42 Å². The third kappa shape index (κ3) is 2.37. The fourth-order valence-electron chi connectivity index (χ4n) is 3.04. The van der Waals surface area contributed by atoms with Crippen LogP contribution in [0.25, 0.3) is 0 Å². The molecule has 0 N–H and O–H groups in total. The molecule has 3 saturated heterocycles. The van der Waals surface area contributed by atoms with Gasteiger partial charge in [-0.25, -0.2) is 8.42 Å². The van der Waals surface area contributed by atoms with Crippen molar-refractivity contribution in [2.45, 2.75) is 48.4 Å². The summed E-state index contributed by atoms with van der Waals surface area (Å²) in [5, 5.41) is -5.98. The number of hydrogen-bond donors (Lipinski definition) is 0. The molecule has 0 radical (unpaired) electrons. The lowest BCUT2D eigenvalue weighted by molar-refractivity contribution is -0.189. The third-order valence-corrected chi connectivity index (χ3v) is 5.08. The van der Waals surface area contributed by atoms with Gasteiger partial charge in [0.1, 0.15) is 12.5 Å². The highest BCUT2D eigenvalue weighted by Crippen LogP contribution is 2.48. The lowest BCUT2D eigenvalue weighted by atomic mass is 9.88. The molecular weight excluding hydrogens is 368 g/mol. The second-order valence-corrected chi connectivity index (χ2v) is 7.11. The molecule has 2 bridgehead atoms. The number of alkyl halides is 4. The Hall–Kier alpha value is -1.47.